The molecular formula is C33H50N4O3. The summed E-state index contributed by atoms with van der Waals surface area (Å²) in [6, 6.07) is 15.1. The second-order valence-corrected chi connectivity index (χ2v) is 12.3. The number of fused-ring (bicyclic) bond motifs is 2. The fraction of sp³-hybridized carbons (Fsp3) is 0.545. The van der Waals surface area contributed by atoms with Crippen LogP contribution in [0.2, 0.25) is 0 Å². The quantitative estimate of drug-likeness (QED) is 0.439. The van der Waals surface area contributed by atoms with Crippen LogP contribution in [-0.4, -0.2) is 42.8 Å². The van der Waals surface area contributed by atoms with Crippen molar-refractivity contribution in [2.24, 2.45) is 11.1 Å². The Morgan fingerprint density at radius 1 is 1.05 bits per heavy atom. The van der Waals surface area contributed by atoms with Gasteiger partial charge in [-0.05, 0) is 78.8 Å². The molecule has 1 unspecified atom stereocenters. The normalized spacial score (nSPS) is 16.7. The molecular weight excluding hydrogens is 500 g/mol. The lowest BCUT2D eigenvalue weighted by Gasteiger charge is -2.31. The van der Waals surface area contributed by atoms with E-state index in [1.807, 2.05) is 11.0 Å². The Balaban J connectivity index is 0.000000239. The molecule has 0 saturated carbocycles. The van der Waals surface area contributed by atoms with Crippen LogP contribution >= 0.6 is 0 Å². The van der Waals surface area contributed by atoms with E-state index in [1.54, 1.807) is 14.0 Å². The number of benzene rings is 2. The van der Waals surface area contributed by atoms with E-state index in [0.29, 0.717) is 12.3 Å². The summed E-state index contributed by atoms with van der Waals surface area (Å²) >= 11 is 0. The minimum atomic E-state index is -0.317. The molecule has 0 radical (unpaired) electrons. The van der Waals surface area contributed by atoms with Gasteiger partial charge in [-0.3, -0.25) is 14.4 Å². The molecule has 7 heteroatoms. The molecule has 2 atom stereocenters. The minimum absolute atomic E-state index is 0.0666. The number of carbonyl (C=O) groups excluding carboxylic acids is 3. The summed E-state index contributed by atoms with van der Waals surface area (Å²) in [5.41, 5.74) is 11.7. The number of rotatable bonds is 6. The summed E-state index contributed by atoms with van der Waals surface area (Å²) in [4.78, 5) is 34.9. The monoisotopic (exact) mass is 550 g/mol. The number of hydrogen-bond acceptors (Lipinski definition) is 4. The molecule has 0 fully saturated rings. The van der Waals surface area contributed by atoms with Gasteiger partial charge in [0.25, 0.3) is 0 Å². The van der Waals surface area contributed by atoms with Crippen molar-refractivity contribution >= 4 is 18.2 Å². The first-order valence-electron chi connectivity index (χ1n) is 14.5. The Morgan fingerprint density at radius 2 is 1.75 bits per heavy atom. The van der Waals surface area contributed by atoms with Crippen molar-refractivity contribution in [1.82, 2.24) is 15.5 Å². The molecule has 2 aliphatic rings. The van der Waals surface area contributed by atoms with Crippen LogP contribution in [0, 0.1) is 5.41 Å². The molecule has 4 N–H and O–H groups in total. The van der Waals surface area contributed by atoms with Gasteiger partial charge in [0.2, 0.25) is 18.2 Å². The zero-order valence-electron chi connectivity index (χ0n) is 25.5. The van der Waals surface area contributed by atoms with E-state index in [-0.39, 0.29) is 29.3 Å². The second-order valence-electron chi connectivity index (χ2n) is 12.3. The van der Waals surface area contributed by atoms with E-state index in [1.165, 1.54) is 34.2 Å². The molecule has 0 spiro atoms. The third-order valence-electron chi connectivity index (χ3n) is 7.44. The van der Waals surface area contributed by atoms with Gasteiger partial charge in [0.05, 0.1) is 12.1 Å². The van der Waals surface area contributed by atoms with E-state index >= 15 is 0 Å². The molecule has 40 heavy (non-hydrogen) atoms. The molecule has 1 aliphatic heterocycles. The maximum Gasteiger partial charge on any atom is 0.234 e. The molecule has 4 rings (SSSR count). The van der Waals surface area contributed by atoms with E-state index in [9.17, 15) is 14.4 Å². The van der Waals surface area contributed by atoms with E-state index in [0.717, 1.165) is 38.8 Å². The van der Waals surface area contributed by atoms with Crippen LogP contribution in [0.25, 0.3) is 0 Å². The van der Waals surface area contributed by atoms with E-state index in [2.05, 4.69) is 81.7 Å². The maximum atomic E-state index is 12.4. The van der Waals surface area contributed by atoms with Crippen molar-refractivity contribution in [1.29, 1.82) is 0 Å². The highest BCUT2D eigenvalue weighted by Crippen LogP contribution is 2.29. The SMILES string of the molecule is CC(C)c1ccc2c(c1)CN(C(=O)CC(C)(C)C)CC2.CN[C@@H](C)C(N)=O.O=CNC1CCCc2ccccc21. The number of nitrogens with two attached hydrogens (primary N) is 1. The topological polar surface area (TPSA) is 105 Å². The largest absolute Gasteiger partial charge is 0.368 e. The number of primary amides is 1. The lowest BCUT2D eigenvalue weighted by molar-refractivity contribution is -0.134. The molecule has 2 aromatic carbocycles. The van der Waals surface area contributed by atoms with Crippen LogP contribution in [0.3, 0.4) is 0 Å². The smallest absolute Gasteiger partial charge is 0.234 e. The van der Waals surface area contributed by atoms with E-state index in [4.69, 9.17) is 5.73 Å². The standard InChI is InChI=1S/C18H27NO.C11H13NO.C4H10N2O/c1-13(2)15-7-6-14-8-9-19(12-16(14)10-15)17(20)11-18(3,4)5;13-8-12-11-7-3-5-9-4-1-2-6-10(9)11;1-3(6-2)4(5)7/h6-7,10,13H,8-9,11-12H2,1-5H3;1-2,4,6,8,11H,3,5,7H2,(H,12,13);3,6H,1-2H3,(H2,5,7)/t;;3-/m..0/s1. The number of hydrogen-bond donors (Lipinski definition) is 3. The highest BCUT2D eigenvalue weighted by atomic mass is 16.2. The summed E-state index contributed by atoms with van der Waals surface area (Å²) in [7, 11) is 1.69. The fourth-order valence-corrected chi connectivity index (χ4v) is 4.87. The van der Waals surface area contributed by atoms with Crippen LogP contribution < -0.4 is 16.4 Å². The lowest BCUT2D eigenvalue weighted by Crippen LogP contribution is -2.37. The highest BCUT2D eigenvalue weighted by Gasteiger charge is 2.25. The van der Waals surface area contributed by atoms with Gasteiger partial charge in [-0.2, -0.15) is 0 Å². The number of nitrogens with zero attached hydrogens (tertiary/aromatic N) is 1. The van der Waals surface area contributed by atoms with Crippen LogP contribution in [0.15, 0.2) is 42.5 Å². The molecule has 7 nitrogen and oxygen atoms in total. The second kappa shape index (κ2) is 15.6. The summed E-state index contributed by atoms with van der Waals surface area (Å²) in [5, 5.41) is 5.55. The number of carbonyl (C=O) groups is 3. The predicted molar refractivity (Wildman–Crippen MR) is 163 cm³/mol. The zero-order valence-corrected chi connectivity index (χ0v) is 25.5. The van der Waals surface area contributed by atoms with Gasteiger partial charge in [-0.15, -0.1) is 0 Å². The zero-order chi connectivity index (χ0) is 29.9. The summed E-state index contributed by atoms with van der Waals surface area (Å²) < 4.78 is 0. The maximum absolute atomic E-state index is 12.4. The molecule has 0 saturated heterocycles. The first-order chi connectivity index (χ1) is 18.9. The van der Waals surface area contributed by atoms with Crippen LogP contribution in [0.4, 0.5) is 0 Å². The van der Waals surface area contributed by atoms with Gasteiger partial charge in [0.1, 0.15) is 0 Å². The first-order valence-corrected chi connectivity index (χ1v) is 14.5. The molecule has 220 valence electrons. The molecule has 1 aliphatic carbocycles. The van der Waals surface area contributed by atoms with Crippen molar-refractivity contribution in [2.75, 3.05) is 13.6 Å². The predicted octanol–water partition coefficient (Wildman–Crippen LogP) is 5.02. The van der Waals surface area contributed by atoms with Gasteiger partial charge < -0.3 is 21.3 Å². The molecule has 1 heterocycles. The Kier molecular flexibility index (Phi) is 12.8. The average molecular weight is 551 g/mol. The van der Waals surface area contributed by atoms with Crippen LogP contribution in [0.5, 0.6) is 0 Å². The van der Waals surface area contributed by atoms with Gasteiger partial charge in [0, 0.05) is 19.5 Å². The lowest BCUT2D eigenvalue weighted by atomic mass is 9.88. The summed E-state index contributed by atoms with van der Waals surface area (Å²) in [6.07, 6.45) is 5.80. The van der Waals surface area contributed by atoms with Gasteiger partial charge in [-0.25, -0.2) is 0 Å². The van der Waals surface area contributed by atoms with Crippen molar-refractivity contribution in [3.05, 3.63) is 70.3 Å². The van der Waals surface area contributed by atoms with Crippen molar-refractivity contribution in [2.45, 2.75) is 98.2 Å². The number of likely N-dealkylation sites (N-methyl/N-ethyl adjacent to an activating group) is 1. The van der Waals surface area contributed by atoms with Gasteiger partial charge in [-0.1, -0.05) is 77.1 Å². The number of nitrogens with one attached hydrogen (secondary N) is 2. The van der Waals surface area contributed by atoms with Crippen LogP contribution in [-0.2, 0) is 33.8 Å². The number of aryl methyl sites for hydroxylation is 1. The van der Waals surface area contributed by atoms with E-state index < -0.39 is 0 Å². The Morgan fingerprint density at radius 3 is 2.33 bits per heavy atom. The molecule has 3 amide bonds. The van der Waals surface area contributed by atoms with Gasteiger partial charge >= 0.3 is 0 Å². The third kappa shape index (κ3) is 10.4. The molecule has 2 aromatic rings. The Labute approximate surface area is 241 Å². The van der Waals surface area contributed by atoms with Crippen molar-refractivity contribution in [3.63, 3.8) is 0 Å². The van der Waals surface area contributed by atoms with Crippen molar-refractivity contribution < 1.29 is 14.4 Å². The van der Waals surface area contributed by atoms with Crippen LogP contribution in [0.1, 0.15) is 101 Å². The fourth-order valence-electron chi connectivity index (χ4n) is 4.87. The third-order valence-corrected chi connectivity index (χ3v) is 7.44. The summed E-state index contributed by atoms with van der Waals surface area (Å²) in [6.45, 7) is 14.2. The Bertz CT molecular complexity index is 1120. The minimum Gasteiger partial charge on any atom is -0.368 e. The van der Waals surface area contributed by atoms with Crippen molar-refractivity contribution in [3.8, 4) is 0 Å². The Hall–Kier alpha value is -3.19. The molecule has 0 bridgehead atoms. The first kappa shape index (κ1) is 33.0. The summed E-state index contributed by atoms with van der Waals surface area (Å²) in [5.74, 6) is 0.515. The number of amides is 3. The highest BCUT2D eigenvalue weighted by molar-refractivity contribution is 5.79. The van der Waals surface area contributed by atoms with Gasteiger partial charge in [0.15, 0.2) is 0 Å². The molecule has 0 aromatic heterocycles. The average Bonchev–Trinajstić information content (AvgIpc) is 2.92.